The van der Waals surface area contributed by atoms with Crippen LogP contribution in [-0.2, 0) is 4.74 Å². The third kappa shape index (κ3) is 3.51. The van der Waals surface area contributed by atoms with Crippen molar-refractivity contribution in [3.05, 3.63) is 23.9 Å². The highest BCUT2D eigenvalue weighted by molar-refractivity contribution is 5.94. The summed E-state index contributed by atoms with van der Waals surface area (Å²) in [5.74, 6) is 0.919. The molecule has 5 heteroatoms. The number of nitrogen functional groups attached to an aromatic ring is 1. The third-order valence-electron chi connectivity index (χ3n) is 2.29. The highest BCUT2D eigenvalue weighted by Gasteiger charge is 2.03. The van der Waals surface area contributed by atoms with Crippen LogP contribution >= 0.6 is 0 Å². The van der Waals surface area contributed by atoms with Crippen molar-refractivity contribution >= 4 is 11.7 Å². The smallest absolute Gasteiger partial charge is 0.128 e. The van der Waals surface area contributed by atoms with E-state index in [1.54, 1.807) is 19.4 Å². The van der Waals surface area contributed by atoms with Crippen molar-refractivity contribution in [3.63, 3.8) is 0 Å². The van der Waals surface area contributed by atoms with Crippen LogP contribution < -0.4 is 10.6 Å². The minimum absolute atomic E-state index is 0.0427. The Hall–Kier alpha value is -1.62. The Kier molecular flexibility index (Phi) is 4.72. The largest absolute Gasteiger partial charge is 0.385 e. The number of anilines is 1. The zero-order chi connectivity index (χ0) is 12.0. The summed E-state index contributed by atoms with van der Waals surface area (Å²) in [6.07, 6.45) is 2.58. The molecular weight excluding hydrogens is 204 g/mol. The second-order valence-electron chi connectivity index (χ2n) is 3.59. The topological polar surface area (TPSA) is 75.2 Å². The van der Waals surface area contributed by atoms with Gasteiger partial charge in [-0.25, -0.2) is 4.98 Å². The molecule has 0 aliphatic rings. The molecule has 0 aliphatic carbocycles. The number of amidine groups is 1. The molecule has 1 aromatic heterocycles. The first-order valence-electron chi connectivity index (χ1n) is 5.15. The lowest BCUT2D eigenvalue weighted by Gasteiger charge is -2.17. The van der Waals surface area contributed by atoms with Crippen LogP contribution in [0.15, 0.2) is 18.3 Å². The Balaban J connectivity index is 2.56. The molecule has 0 saturated heterocycles. The molecule has 0 aliphatic heterocycles. The van der Waals surface area contributed by atoms with Crippen molar-refractivity contribution in [2.75, 3.05) is 32.2 Å². The fourth-order valence-electron chi connectivity index (χ4n) is 1.33. The van der Waals surface area contributed by atoms with Gasteiger partial charge >= 0.3 is 0 Å². The van der Waals surface area contributed by atoms with Crippen LogP contribution in [0.2, 0.25) is 0 Å². The van der Waals surface area contributed by atoms with Gasteiger partial charge in [-0.1, -0.05) is 0 Å². The van der Waals surface area contributed by atoms with Gasteiger partial charge in [-0.3, -0.25) is 5.41 Å². The molecule has 0 spiro atoms. The molecule has 0 saturated carbocycles. The zero-order valence-corrected chi connectivity index (χ0v) is 9.73. The van der Waals surface area contributed by atoms with Gasteiger partial charge in [0.1, 0.15) is 11.7 Å². The number of nitrogens with two attached hydrogens (primary N) is 1. The van der Waals surface area contributed by atoms with Crippen molar-refractivity contribution in [2.45, 2.75) is 6.42 Å². The number of hydrogen-bond donors (Lipinski definition) is 2. The summed E-state index contributed by atoms with van der Waals surface area (Å²) in [7, 11) is 3.67. The van der Waals surface area contributed by atoms with Crippen LogP contribution in [0.25, 0.3) is 0 Å². The van der Waals surface area contributed by atoms with Crippen LogP contribution in [0.4, 0.5) is 5.82 Å². The lowest BCUT2D eigenvalue weighted by molar-refractivity contribution is 0.196. The van der Waals surface area contributed by atoms with E-state index in [4.69, 9.17) is 15.9 Å². The number of nitrogens with zero attached hydrogens (tertiary/aromatic N) is 2. The zero-order valence-electron chi connectivity index (χ0n) is 9.73. The van der Waals surface area contributed by atoms with Crippen molar-refractivity contribution in [1.82, 2.24) is 4.98 Å². The summed E-state index contributed by atoms with van der Waals surface area (Å²) in [4.78, 5) is 6.29. The number of ether oxygens (including phenoxy) is 1. The highest BCUT2D eigenvalue weighted by Crippen LogP contribution is 2.09. The first-order chi connectivity index (χ1) is 7.65. The van der Waals surface area contributed by atoms with Crippen molar-refractivity contribution in [1.29, 1.82) is 5.41 Å². The van der Waals surface area contributed by atoms with Crippen molar-refractivity contribution in [3.8, 4) is 0 Å². The van der Waals surface area contributed by atoms with Gasteiger partial charge in [0, 0.05) is 39.1 Å². The average molecular weight is 222 g/mol. The van der Waals surface area contributed by atoms with E-state index >= 15 is 0 Å². The maximum atomic E-state index is 7.26. The predicted octanol–water partition coefficient (Wildman–Crippen LogP) is 0.838. The van der Waals surface area contributed by atoms with Crippen LogP contribution in [0.5, 0.6) is 0 Å². The van der Waals surface area contributed by atoms with Gasteiger partial charge in [0.2, 0.25) is 0 Å². The lowest BCUT2D eigenvalue weighted by atomic mass is 10.2. The van der Waals surface area contributed by atoms with Crippen LogP contribution in [0, 0.1) is 5.41 Å². The van der Waals surface area contributed by atoms with Gasteiger partial charge in [-0.05, 0) is 18.6 Å². The fraction of sp³-hybridized carbons (Fsp3) is 0.455. The number of hydrogen-bond acceptors (Lipinski definition) is 4. The van der Waals surface area contributed by atoms with Gasteiger partial charge in [0.05, 0.1) is 0 Å². The molecule has 0 fully saturated rings. The normalized spacial score (nSPS) is 10.1. The van der Waals surface area contributed by atoms with E-state index in [2.05, 4.69) is 4.98 Å². The molecule has 0 radical (unpaired) electrons. The Morgan fingerprint density at radius 2 is 2.31 bits per heavy atom. The van der Waals surface area contributed by atoms with E-state index in [0.29, 0.717) is 5.56 Å². The van der Waals surface area contributed by atoms with Gasteiger partial charge < -0.3 is 15.4 Å². The molecule has 5 nitrogen and oxygen atoms in total. The molecule has 88 valence electrons. The second-order valence-corrected chi connectivity index (χ2v) is 3.59. The molecule has 0 aromatic carbocycles. The lowest BCUT2D eigenvalue weighted by Crippen LogP contribution is -2.21. The molecule has 1 rings (SSSR count). The van der Waals surface area contributed by atoms with Gasteiger partial charge in [-0.15, -0.1) is 0 Å². The molecule has 16 heavy (non-hydrogen) atoms. The standard InChI is InChI=1S/C11H18N4O/c1-15(6-3-7-16-2)10-5-4-9(8-14-10)11(12)13/h4-5,8H,3,6-7H2,1-2H3,(H3,12,13). The summed E-state index contributed by atoms with van der Waals surface area (Å²) < 4.78 is 4.99. The quantitative estimate of drug-likeness (QED) is 0.425. The first kappa shape index (κ1) is 12.4. The predicted molar refractivity (Wildman–Crippen MR) is 65.0 cm³/mol. The molecular formula is C11H18N4O. The second kappa shape index (κ2) is 6.07. The van der Waals surface area contributed by atoms with Crippen LogP contribution in [0.1, 0.15) is 12.0 Å². The van der Waals surface area contributed by atoms with Crippen LogP contribution in [0.3, 0.4) is 0 Å². The minimum Gasteiger partial charge on any atom is -0.385 e. The molecule has 0 unspecified atom stereocenters. The van der Waals surface area contributed by atoms with Crippen LogP contribution in [-0.4, -0.2) is 38.1 Å². The maximum absolute atomic E-state index is 7.26. The summed E-state index contributed by atoms with van der Waals surface area (Å²) in [6, 6.07) is 3.67. The minimum atomic E-state index is 0.0427. The van der Waals surface area contributed by atoms with Gasteiger partial charge in [0.15, 0.2) is 0 Å². The van der Waals surface area contributed by atoms with E-state index < -0.39 is 0 Å². The number of aromatic nitrogens is 1. The Morgan fingerprint density at radius 3 is 2.81 bits per heavy atom. The molecule has 1 heterocycles. The number of methoxy groups -OCH3 is 1. The molecule has 1 aromatic rings. The average Bonchev–Trinajstić information content (AvgIpc) is 2.29. The van der Waals surface area contributed by atoms with E-state index in [1.165, 1.54) is 0 Å². The Labute approximate surface area is 95.7 Å². The Morgan fingerprint density at radius 1 is 1.56 bits per heavy atom. The molecule has 0 bridgehead atoms. The van der Waals surface area contributed by atoms with E-state index in [0.717, 1.165) is 25.4 Å². The van der Waals surface area contributed by atoms with E-state index in [9.17, 15) is 0 Å². The van der Waals surface area contributed by atoms with Gasteiger partial charge in [0.25, 0.3) is 0 Å². The van der Waals surface area contributed by atoms with E-state index in [-0.39, 0.29) is 5.84 Å². The fourth-order valence-corrected chi connectivity index (χ4v) is 1.33. The third-order valence-corrected chi connectivity index (χ3v) is 2.29. The first-order valence-corrected chi connectivity index (χ1v) is 5.15. The maximum Gasteiger partial charge on any atom is 0.128 e. The van der Waals surface area contributed by atoms with Gasteiger partial charge in [-0.2, -0.15) is 0 Å². The summed E-state index contributed by atoms with van der Waals surface area (Å²) in [5.41, 5.74) is 6.00. The summed E-state index contributed by atoms with van der Waals surface area (Å²) >= 11 is 0. The Bertz CT molecular complexity index is 336. The highest BCUT2D eigenvalue weighted by atomic mass is 16.5. The number of rotatable bonds is 6. The van der Waals surface area contributed by atoms with Crippen molar-refractivity contribution in [2.24, 2.45) is 5.73 Å². The SMILES string of the molecule is COCCCN(C)c1ccc(C(=N)N)cn1. The monoisotopic (exact) mass is 222 g/mol. The molecule has 0 atom stereocenters. The number of pyridine rings is 1. The summed E-state index contributed by atoms with van der Waals surface area (Å²) in [5, 5.41) is 7.26. The molecule has 0 amide bonds. The molecule has 3 N–H and O–H groups in total. The van der Waals surface area contributed by atoms with Crippen molar-refractivity contribution < 1.29 is 4.74 Å². The van der Waals surface area contributed by atoms with E-state index in [1.807, 2.05) is 18.0 Å². The summed E-state index contributed by atoms with van der Waals surface area (Å²) in [6.45, 7) is 1.64. The number of nitrogens with one attached hydrogen (secondary N) is 1.